The molecule has 3 atom stereocenters. The fourth-order valence-corrected chi connectivity index (χ4v) is 3.99. The number of esters is 1. The fraction of sp³-hybridized carbons (Fsp3) is 0.286. The van der Waals surface area contributed by atoms with E-state index >= 15 is 0 Å². The Kier molecular flexibility index (Phi) is 3.87. The van der Waals surface area contributed by atoms with Crippen molar-refractivity contribution in [2.75, 3.05) is 4.90 Å². The molecule has 2 aromatic carbocycles. The molecule has 0 radical (unpaired) electrons. The van der Waals surface area contributed by atoms with Crippen LogP contribution < -0.4 is 9.64 Å². The molecular formula is C21H19NO4. The average molecular weight is 349 g/mol. The maximum atomic E-state index is 13.2. The molecule has 1 saturated heterocycles. The number of aryl methyl sites for hydroxylation is 1. The minimum absolute atomic E-state index is 0.257. The van der Waals surface area contributed by atoms with Crippen LogP contribution in [0.15, 0.2) is 48.5 Å². The van der Waals surface area contributed by atoms with Crippen LogP contribution in [0.2, 0.25) is 0 Å². The van der Waals surface area contributed by atoms with E-state index in [1.165, 1.54) is 0 Å². The average Bonchev–Trinajstić information content (AvgIpc) is 2.63. The summed E-state index contributed by atoms with van der Waals surface area (Å²) >= 11 is 0. The van der Waals surface area contributed by atoms with Gasteiger partial charge in [0.2, 0.25) is 11.8 Å². The second kappa shape index (κ2) is 6.09. The molecule has 2 heterocycles. The number of imide groups is 1. The standard InChI is InChI=1S/C21H19NO4/c1-3-14-17-15-6-4-5-7-16(15)26-21(25)18(17)20(24)22(19(14)23)13-10-8-12(2)9-11-13/h4-11,14,17-18H,3H2,1-2H3/t14-,17-,18+/m1/s1. The molecule has 4 rings (SSSR count). The van der Waals surface area contributed by atoms with Crippen LogP contribution in [-0.2, 0) is 14.4 Å². The molecule has 2 aliphatic heterocycles. The highest BCUT2D eigenvalue weighted by atomic mass is 16.5. The lowest BCUT2D eigenvalue weighted by molar-refractivity contribution is -0.151. The van der Waals surface area contributed by atoms with E-state index in [1.807, 2.05) is 38.1 Å². The minimum Gasteiger partial charge on any atom is -0.426 e. The van der Waals surface area contributed by atoms with Gasteiger partial charge >= 0.3 is 5.97 Å². The zero-order valence-corrected chi connectivity index (χ0v) is 14.6. The second-order valence-electron chi connectivity index (χ2n) is 6.82. The number of hydrogen-bond acceptors (Lipinski definition) is 4. The molecule has 2 aliphatic rings. The van der Waals surface area contributed by atoms with Crippen LogP contribution in [0.25, 0.3) is 0 Å². The summed E-state index contributed by atoms with van der Waals surface area (Å²) in [5.74, 6) is -2.82. The molecular weight excluding hydrogens is 330 g/mol. The van der Waals surface area contributed by atoms with E-state index in [9.17, 15) is 14.4 Å². The van der Waals surface area contributed by atoms with E-state index in [-0.39, 0.29) is 5.91 Å². The first-order valence-electron chi connectivity index (χ1n) is 8.78. The molecule has 0 aromatic heterocycles. The SMILES string of the molecule is CC[C@H]1C(=O)N(c2ccc(C)cc2)C(=O)[C@H]2C(=O)Oc3ccccc3[C@H]21. The van der Waals surface area contributed by atoms with Crippen LogP contribution in [0.3, 0.4) is 0 Å². The van der Waals surface area contributed by atoms with Crippen molar-refractivity contribution in [3.8, 4) is 5.75 Å². The van der Waals surface area contributed by atoms with Crippen molar-refractivity contribution in [2.45, 2.75) is 26.2 Å². The number of para-hydroxylation sites is 1. The Bertz CT molecular complexity index is 902. The van der Waals surface area contributed by atoms with Crippen LogP contribution in [-0.4, -0.2) is 17.8 Å². The Morgan fingerprint density at radius 1 is 0.962 bits per heavy atom. The topological polar surface area (TPSA) is 63.7 Å². The van der Waals surface area contributed by atoms with Gasteiger partial charge in [-0.2, -0.15) is 0 Å². The molecule has 0 N–H and O–H groups in total. The number of hydrogen-bond donors (Lipinski definition) is 0. The Morgan fingerprint density at radius 2 is 1.65 bits per heavy atom. The normalized spacial score (nSPS) is 24.8. The number of amides is 2. The van der Waals surface area contributed by atoms with Gasteiger partial charge in [-0.05, 0) is 31.5 Å². The number of carbonyl (C=O) groups is 3. The second-order valence-corrected chi connectivity index (χ2v) is 6.82. The highest BCUT2D eigenvalue weighted by molar-refractivity contribution is 6.23. The first-order valence-corrected chi connectivity index (χ1v) is 8.78. The summed E-state index contributed by atoms with van der Waals surface area (Å²) in [6.45, 7) is 3.84. The Morgan fingerprint density at radius 3 is 2.35 bits per heavy atom. The Labute approximate surface area is 151 Å². The van der Waals surface area contributed by atoms with E-state index in [0.29, 0.717) is 17.9 Å². The summed E-state index contributed by atoms with van der Waals surface area (Å²) in [6, 6.07) is 14.3. The predicted octanol–water partition coefficient (Wildman–Crippen LogP) is 3.21. The number of anilines is 1. The lowest BCUT2D eigenvalue weighted by atomic mass is 9.70. The predicted molar refractivity (Wildman–Crippen MR) is 95.8 cm³/mol. The van der Waals surface area contributed by atoms with E-state index in [2.05, 4.69) is 0 Å². The molecule has 2 aromatic rings. The molecule has 0 aliphatic carbocycles. The number of ether oxygens (including phenoxy) is 1. The van der Waals surface area contributed by atoms with Gasteiger partial charge in [0, 0.05) is 17.4 Å². The van der Waals surface area contributed by atoms with Gasteiger partial charge in [0.05, 0.1) is 5.69 Å². The highest BCUT2D eigenvalue weighted by Gasteiger charge is 2.55. The van der Waals surface area contributed by atoms with Gasteiger partial charge in [0.1, 0.15) is 11.7 Å². The largest absolute Gasteiger partial charge is 0.426 e. The van der Waals surface area contributed by atoms with Crippen molar-refractivity contribution in [1.29, 1.82) is 0 Å². The quantitative estimate of drug-likeness (QED) is 0.361. The summed E-state index contributed by atoms with van der Waals surface area (Å²) in [6.07, 6.45) is 0.539. The van der Waals surface area contributed by atoms with Crippen LogP contribution in [0.4, 0.5) is 5.69 Å². The van der Waals surface area contributed by atoms with Crippen molar-refractivity contribution in [2.24, 2.45) is 11.8 Å². The van der Waals surface area contributed by atoms with Crippen molar-refractivity contribution in [3.63, 3.8) is 0 Å². The number of fused-ring (bicyclic) bond motifs is 3. The summed E-state index contributed by atoms with van der Waals surface area (Å²) in [4.78, 5) is 40.1. The summed E-state index contributed by atoms with van der Waals surface area (Å²) in [7, 11) is 0. The van der Waals surface area contributed by atoms with Gasteiger partial charge in [0.25, 0.3) is 0 Å². The minimum atomic E-state index is -0.992. The summed E-state index contributed by atoms with van der Waals surface area (Å²) < 4.78 is 5.41. The number of piperidine rings is 1. The van der Waals surface area contributed by atoms with Crippen LogP contribution in [0.5, 0.6) is 5.75 Å². The molecule has 2 amide bonds. The Balaban J connectivity index is 1.84. The van der Waals surface area contributed by atoms with Crippen LogP contribution in [0, 0.1) is 18.8 Å². The smallest absolute Gasteiger partial charge is 0.324 e. The zero-order chi connectivity index (χ0) is 18.4. The monoisotopic (exact) mass is 349 g/mol. The first-order chi connectivity index (χ1) is 12.5. The van der Waals surface area contributed by atoms with E-state index < -0.39 is 29.6 Å². The molecule has 1 fully saturated rings. The van der Waals surface area contributed by atoms with E-state index in [0.717, 1.165) is 16.0 Å². The number of benzene rings is 2. The van der Waals surface area contributed by atoms with Gasteiger partial charge < -0.3 is 4.74 Å². The van der Waals surface area contributed by atoms with Crippen molar-refractivity contribution in [1.82, 2.24) is 0 Å². The van der Waals surface area contributed by atoms with Crippen LogP contribution in [0.1, 0.15) is 30.4 Å². The van der Waals surface area contributed by atoms with E-state index in [1.54, 1.807) is 24.3 Å². The highest BCUT2D eigenvalue weighted by Crippen LogP contribution is 2.47. The molecule has 0 unspecified atom stereocenters. The Hall–Kier alpha value is -2.95. The maximum Gasteiger partial charge on any atom is 0.324 e. The summed E-state index contributed by atoms with van der Waals surface area (Å²) in [5.41, 5.74) is 2.28. The van der Waals surface area contributed by atoms with Gasteiger partial charge in [-0.1, -0.05) is 42.8 Å². The number of carbonyl (C=O) groups excluding carboxylic acids is 3. The third-order valence-corrected chi connectivity index (χ3v) is 5.29. The molecule has 132 valence electrons. The molecule has 26 heavy (non-hydrogen) atoms. The number of nitrogens with zero attached hydrogens (tertiary/aromatic N) is 1. The lowest BCUT2D eigenvalue weighted by Crippen LogP contribution is -2.57. The molecule has 0 saturated carbocycles. The van der Waals surface area contributed by atoms with Gasteiger partial charge in [-0.15, -0.1) is 0 Å². The van der Waals surface area contributed by atoms with Crippen molar-refractivity contribution < 1.29 is 19.1 Å². The molecule has 5 nitrogen and oxygen atoms in total. The lowest BCUT2D eigenvalue weighted by Gasteiger charge is -2.42. The number of rotatable bonds is 2. The van der Waals surface area contributed by atoms with Crippen molar-refractivity contribution in [3.05, 3.63) is 59.7 Å². The van der Waals surface area contributed by atoms with Crippen molar-refractivity contribution >= 4 is 23.5 Å². The summed E-state index contributed by atoms with van der Waals surface area (Å²) in [5, 5.41) is 0. The third kappa shape index (κ3) is 2.35. The maximum absolute atomic E-state index is 13.2. The third-order valence-electron chi connectivity index (χ3n) is 5.29. The van der Waals surface area contributed by atoms with E-state index in [4.69, 9.17) is 4.74 Å². The van der Waals surface area contributed by atoms with Crippen LogP contribution >= 0.6 is 0 Å². The van der Waals surface area contributed by atoms with Gasteiger partial charge in [0.15, 0.2) is 0 Å². The molecule has 5 heteroatoms. The van der Waals surface area contributed by atoms with Gasteiger partial charge in [-0.25, -0.2) is 4.90 Å². The molecule has 0 bridgehead atoms. The fourth-order valence-electron chi connectivity index (χ4n) is 3.99. The van der Waals surface area contributed by atoms with Gasteiger partial charge in [-0.3, -0.25) is 14.4 Å². The molecule has 0 spiro atoms. The first kappa shape index (κ1) is 16.5. The zero-order valence-electron chi connectivity index (χ0n) is 14.6.